The second kappa shape index (κ2) is 9.09. The molecule has 1 aliphatic rings. The molecule has 29 heavy (non-hydrogen) atoms. The summed E-state index contributed by atoms with van der Waals surface area (Å²) < 4.78 is 11.0. The first-order chi connectivity index (χ1) is 13.9. The molecule has 1 saturated heterocycles. The summed E-state index contributed by atoms with van der Waals surface area (Å²) in [5, 5.41) is 0.456. The van der Waals surface area contributed by atoms with Crippen LogP contribution < -0.4 is 9.64 Å². The third-order valence-electron chi connectivity index (χ3n) is 4.74. The van der Waals surface area contributed by atoms with Crippen LogP contribution in [0, 0.1) is 5.92 Å². The Kier molecular flexibility index (Phi) is 6.54. The number of rotatable bonds is 7. The molecule has 0 aromatic heterocycles. The molecule has 0 N–H and O–H groups in total. The van der Waals surface area contributed by atoms with E-state index in [1.165, 1.54) is 11.8 Å². The Hall–Kier alpha value is -2.86. The van der Waals surface area contributed by atoms with E-state index in [9.17, 15) is 14.4 Å². The zero-order valence-corrected chi connectivity index (χ0v) is 17.1. The largest absolute Gasteiger partial charge is 0.493 e. The number of Topliss-reactive ketones (excluding diaryl/α,β-unsaturated/α-hetero) is 1. The Labute approximate surface area is 174 Å². The SMILES string of the molecule is CCOc1ccc(C(C)=O)cc1COC(=O)C1CC(=O)N(c2ccccc2Cl)C1. The van der Waals surface area contributed by atoms with E-state index in [1.54, 1.807) is 42.5 Å². The standard InChI is InChI=1S/C22H22ClNO5/c1-3-28-20-9-8-15(14(2)25)10-17(20)13-29-22(27)16-11-21(26)24(12-16)19-7-5-4-6-18(19)23/h4-10,16H,3,11-13H2,1-2H3. The van der Waals surface area contributed by atoms with E-state index >= 15 is 0 Å². The van der Waals surface area contributed by atoms with Gasteiger partial charge in [-0.15, -0.1) is 0 Å². The zero-order chi connectivity index (χ0) is 21.0. The van der Waals surface area contributed by atoms with Crippen molar-refractivity contribution in [2.75, 3.05) is 18.1 Å². The molecule has 1 aliphatic heterocycles. The molecule has 7 heteroatoms. The summed E-state index contributed by atoms with van der Waals surface area (Å²) in [7, 11) is 0. The fourth-order valence-corrected chi connectivity index (χ4v) is 3.48. The molecule has 0 saturated carbocycles. The number of para-hydroxylation sites is 1. The number of esters is 1. The van der Waals surface area contributed by atoms with E-state index in [2.05, 4.69) is 0 Å². The van der Waals surface area contributed by atoms with Gasteiger partial charge in [0.15, 0.2) is 5.78 Å². The second-order valence-electron chi connectivity index (χ2n) is 6.78. The molecule has 1 fully saturated rings. The third kappa shape index (κ3) is 4.77. The zero-order valence-electron chi connectivity index (χ0n) is 16.3. The number of halogens is 1. The molecule has 152 valence electrons. The van der Waals surface area contributed by atoms with Gasteiger partial charge >= 0.3 is 5.97 Å². The lowest BCUT2D eigenvalue weighted by atomic mass is 10.1. The van der Waals surface area contributed by atoms with Gasteiger partial charge < -0.3 is 14.4 Å². The van der Waals surface area contributed by atoms with E-state index < -0.39 is 11.9 Å². The van der Waals surface area contributed by atoms with E-state index in [-0.39, 0.29) is 31.3 Å². The molecular formula is C22H22ClNO5. The maximum atomic E-state index is 12.6. The highest BCUT2D eigenvalue weighted by atomic mass is 35.5. The highest BCUT2D eigenvalue weighted by molar-refractivity contribution is 6.33. The lowest BCUT2D eigenvalue weighted by Crippen LogP contribution is -2.26. The van der Waals surface area contributed by atoms with Crippen molar-refractivity contribution in [2.24, 2.45) is 5.92 Å². The molecular weight excluding hydrogens is 394 g/mol. The van der Waals surface area contributed by atoms with Crippen LogP contribution in [-0.2, 0) is 20.9 Å². The molecule has 0 spiro atoms. The number of nitrogens with zero attached hydrogens (tertiary/aromatic N) is 1. The summed E-state index contributed by atoms with van der Waals surface area (Å²) in [6.45, 7) is 3.95. The van der Waals surface area contributed by atoms with Gasteiger partial charge in [-0.25, -0.2) is 0 Å². The van der Waals surface area contributed by atoms with Gasteiger partial charge in [-0.2, -0.15) is 0 Å². The summed E-state index contributed by atoms with van der Waals surface area (Å²) in [5.74, 6) is -0.745. The first kappa shape index (κ1) is 20.9. The lowest BCUT2D eigenvalue weighted by Gasteiger charge is -2.18. The van der Waals surface area contributed by atoms with E-state index in [0.717, 1.165) is 0 Å². The third-order valence-corrected chi connectivity index (χ3v) is 5.06. The van der Waals surface area contributed by atoms with Gasteiger partial charge in [-0.05, 0) is 44.2 Å². The van der Waals surface area contributed by atoms with Crippen LogP contribution in [0.3, 0.4) is 0 Å². The maximum absolute atomic E-state index is 12.6. The van der Waals surface area contributed by atoms with Crippen molar-refractivity contribution in [1.82, 2.24) is 0 Å². The van der Waals surface area contributed by atoms with Crippen LogP contribution >= 0.6 is 11.6 Å². The average molecular weight is 416 g/mol. The van der Waals surface area contributed by atoms with E-state index in [0.29, 0.717) is 34.2 Å². The minimum atomic E-state index is -0.578. The van der Waals surface area contributed by atoms with Crippen LogP contribution in [0.2, 0.25) is 5.02 Å². The van der Waals surface area contributed by atoms with Crippen LogP contribution in [0.15, 0.2) is 42.5 Å². The fraction of sp³-hybridized carbons (Fsp3) is 0.318. The van der Waals surface area contributed by atoms with Crippen molar-refractivity contribution in [3.05, 3.63) is 58.6 Å². The summed E-state index contributed by atoms with van der Waals surface area (Å²) >= 11 is 6.17. The van der Waals surface area contributed by atoms with Crippen LogP contribution in [-0.4, -0.2) is 30.8 Å². The van der Waals surface area contributed by atoms with Gasteiger partial charge in [-0.1, -0.05) is 23.7 Å². The lowest BCUT2D eigenvalue weighted by molar-refractivity contribution is -0.149. The number of carbonyl (C=O) groups excluding carboxylic acids is 3. The van der Waals surface area contributed by atoms with Crippen molar-refractivity contribution in [3.8, 4) is 5.75 Å². The van der Waals surface area contributed by atoms with Crippen molar-refractivity contribution in [3.63, 3.8) is 0 Å². The number of hydrogen-bond donors (Lipinski definition) is 0. The number of carbonyl (C=O) groups is 3. The van der Waals surface area contributed by atoms with Gasteiger partial charge in [0.25, 0.3) is 0 Å². The number of amides is 1. The number of hydrogen-bond acceptors (Lipinski definition) is 5. The molecule has 0 radical (unpaired) electrons. The molecule has 1 unspecified atom stereocenters. The smallest absolute Gasteiger partial charge is 0.311 e. The predicted octanol–water partition coefficient (Wildman–Crippen LogP) is 4.04. The molecule has 1 amide bonds. The average Bonchev–Trinajstić information content (AvgIpc) is 3.09. The Morgan fingerprint density at radius 1 is 1.21 bits per heavy atom. The minimum Gasteiger partial charge on any atom is -0.493 e. The molecule has 2 aromatic rings. The molecule has 0 aliphatic carbocycles. The van der Waals surface area contributed by atoms with Crippen molar-refractivity contribution in [1.29, 1.82) is 0 Å². The van der Waals surface area contributed by atoms with Crippen LogP contribution in [0.4, 0.5) is 5.69 Å². The number of ketones is 1. The summed E-state index contributed by atoms with van der Waals surface area (Å²) in [4.78, 5) is 38.1. The van der Waals surface area contributed by atoms with Crippen molar-refractivity contribution in [2.45, 2.75) is 26.9 Å². The normalized spacial score (nSPS) is 16.0. The molecule has 0 bridgehead atoms. The van der Waals surface area contributed by atoms with Crippen LogP contribution in [0.25, 0.3) is 0 Å². The van der Waals surface area contributed by atoms with Gasteiger partial charge in [0.2, 0.25) is 5.91 Å². The van der Waals surface area contributed by atoms with Gasteiger partial charge in [-0.3, -0.25) is 14.4 Å². The fourth-order valence-electron chi connectivity index (χ4n) is 3.24. The van der Waals surface area contributed by atoms with E-state index in [4.69, 9.17) is 21.1 Å². The quantitative estimate of drug-likeness (QED) is 0.504. The maximum Gasteiger partial charge on any atom is 0.311 e. The topological polar surface area (TPSA) is 72.9 Å². The highest BCUT2D eigenvalue weighted by Gasteiger charge is 2.37. The molecule has 2 aromatic carbocycles. The highest BCUT2D eigenvalue weighted by Crippen LogP contribution is 2.31. The first-order valence-corrected chi connectivity index (χ1v) is 9.76. The Bertz CT molecular complexity index is 943. The Balaban J connectivity index is 1.69. The first-order valence-electron chi connectivity index (χ1n) is 9.39. The number of benzene rings is 2. The summed E-state index contributed by atoms with van der Waals surface area (Å²) in [5.41, 5.74) is 1.71. The number of anilines is 1. The van der Waals surface area contributed by atoms with Gasteiger partial charge in [0, 0.05) is 24.1 Å². The summed E-state index contributed by atoms with van der Waals surface area (Å²) in [6.07, 6.45) is 0.0653. The van der Waals surface area contributed by atoms with E-state index in [1.807, 2.05) is 6.92 Å². The second-order valence-corrected chi connectivity index (χ2v) is 7.18. The van der Waals surface area contributed by atoms with Crippen molar-refractivity contribution < 1.29 is 23.9 Å². The molecule has 6 nitrogen and oxygen atoms in total. The molecule has 1 heterocycles. The van der Waals surface area contributed by atoms with Gasteiger partial charge in [0.1, 0.15) is 12.4 Å². The Morgan fingerprint density at radius 2 is 1.97 bits per heavy atom. The molecule has 3 rings (SSSR count). The van der Waals surface area contributed by atoms with Crippen LogP contribution in [0.1, 0.15) is 36.2 Å². The monoisotopic (exact) mass is 415 g/mol. The molecule has 1 atom stereocenters. The van der Waals surface area contributed by atoms with Crippen molar-refractivity contribution >= 4 is 34.9 Å². The Morgan fingerprint density at radius 3 is 2.66 bits per heavy atom. The predicted molar refractivity (Wildman–Crippen MR) is 109 cm³/mol. The van der Waals surface area contributed by atoms with Gasteiger partial charge in [0.05, 0.1) is 23.2 Å². The number of ether oxygens (including phenoxy) is 2. The van der Waals surface area contributed by atoms with Crippen LogP contribution in [0.5, 0.6) is 5.75 Å². The summed E-state index contributed by atoms with van der Waals surface area (Å²) in [6, 6.07) is 12.1. The minimum absolute atomic E-state index is 0.0356.